The quantitative estimate of drug-likeness (QED) is 0.755. The highest BCUT2D eigenvalue weighted by Crippen LogP contribution is 2.16. The van der Waals surface area contributed by atoms with Gasteiger partial charge in [0.25, 0.3) is 0 Å². The Balaban J connectivity index is 1.51. The van der Waals surface area contributed by atoms with E-state index in [0.29, 0.717) is 6.61 Å². The van der Waals surface area contributed by atoms with E-state index >= 15 is 0 Å². The normalized spacial score (nSPS) is 11.1. The summed E-state index contributed by atoms with van der Waals surface area (Å²) >= 11 is 1.76. The molecule has 2 heterocycles. The number of thiazole rings is 1. The van der Waals surface area contributed by atoms with Gasteiger partial charge in [-0.2, -0.15) is 0 Å². The van der Waals surface area contributed by atoms with Gasteiger partial charge in [0, 0.05) is 18.0 Å². The Hall–Kier alpha value is -1.17. The molecule has 2 aromatic heterocycles. The first-order chi connectivity index (χ1) is 9.25. The van der Waals surface area contributed by atoms with Crippen molar-refractivity contribution in [3.8, 4) is 0 Å². The molecule has 2 rings (SSSR count). The number of rotatable bonds is 8. The smallest absolute Gasteiger partial charge is 0.129 e. The summed E-state index contributed by atoms with van der Waals surface area (Å²) in [4.78, 5) is 5.74. The second kappa shape index (κ2) is 7.43. The number of furan rings is 1. The number of hydrogen-bond donors (Lipinski definition) is 1. The van der Waals surface area contributed by atoms with Gasteiger partial charge in [0.2, 0.25) is 0 Å². The van der Waals surface area contributed by atoms with Crippen LogP contribution in [-0.4, -0.2) is 18.1 Å². The molecule has 0 spiro atoms. The zero-order chi connectivity index (χ0) is 13.5. The summed E-state index contributed by atoms with van der Waals surface area (Å²) in [7, 11) is 0. The molecule has 0 aliphatic heterocycles. The third-order valence-corrected chi connectivity index (χ3v) is 3.82. The molecular formula is C14H20N2O2S. The lowest BCUT2D eigenvalue weighted by Crippen LogP contribution is -2.16. The lowest BCUT2D eigenvalue weighted by molar-refractivity contribution is 0.104. The second-order valence-electron chi connectivity index (χ2n) is 4.40. The molecule has 0 fully saturated rings. The first-order valence-corrected chi connectivity index (χ1v) is 7.31. The molecule has 104 valence electrons. The van der Waals surface area contributed by atoms with E-state index in [4.69, 9.17) is 9.15 Å². The van der Waals surface area contributed by atoms with Crippen molar-refractivity contribution in [1.82, 2.24) is 10.3 Å². The largest absolute Gasteiger partial charge is 0.467 e. The van der Waals surface area contributed by atoms with Crippen LogP contribution < -0.4 is 5.32 Å². The van der Waals surface area contributed by atoms with Gasteiger partial charge < -0.3 is 14.5 Å². The molecule has 0 saturated heterocycles. The van der Waals surface area contributed by atoms with Crippen molar-refractivity contribution in [3.63, 3.8) is 0 Å². The van der Waals surface area contributed by atoms with E-state index in [1.807, 2.05) is 19.1 Å². The average molecular weight is 280 g/mol. The maximum atomic E-state index is 5.51. The fourth-order valence-electron chi connectivity index (χ4n) is 1.81. The van der Waals surface area contributed by atoms with E-state index in [1.165, 1.54) is 4.88 Å². The number of nitrogens with zero attached hydrogens (tertiary/aromatic N) is 1. The average Bonchev–Trinajstić information content (AvgIpc) is 2.98. The van der Waals surface area contributed by atoms with Gasteiger partial charge >= 0.3 is 0 Å². The van der Waals surface area contributed by atoms with Crippen LogP contribution >= 0.6 is 11.3 Å². The van der Waals surface area contributed by atoms with E-state index < -0.39 is 0 Å². The molecule has 0 atom stereocenters. The van der Waals surface area contributed by atoms with Crippen LogP contribution in [0.2, 0.25) is 0 Å². The molecule has 2 aromatic rings. The third kappa shape index (κ3) is 4.78. The molecule has 5 heteroatoms. The minimum absolute atomic E-state index is 0.556. The Bertz CT molecular complexity index is 480. The monoisotopic (exact) mass is 280 g/mol. The van der Waals surface area contributed by atoms with Crippen molar-refractivity contribution in [1.29, 1.82) is 0 Å². The number of hydrogen-bond acceptors (Lipinski definition) is 5. The van der Waals surface area contributed by atoms with E-state index in [0.717, 1.165) is 42.6 Å². The highest BCUT2D eigenvalue weighted by molar-refractivity contribution is 7.11. The van der Waals surface area contributed by atoms with Crippen molar-refractivity contribution in [3.05, 3.63) is 39.7 Å². The van der Waals surface area contributed by atoms with Gasteiger partial charge in [-0.05, 0) is 38.9 Å². The summed E-state index contributed by atoms with van der Waals surface area (Å²) in [6.45, 7) is 7.26. The van der Waals surface area contributed by atoms with Crippen LogP contribution in [0.25, 0.3) is 0 Å². The van der Waals surface area contributed by atoms with E-state index in [1.54, 1.807) is 17.6 Å². The van der Waals surface area contributed by atoms with Gasteiger partial charge in [0.05, 0.1) is 17.0 Å². The molecule has 0 radical (unpaired) electrons. The SMILES string of the molecule is Cc1nc(C)c(CNCCCOCc2ccco2)s1. The van der Waals surface area contributed by atoms with Crippen LogP contribution in [0.5, 0.6) is 0 Å². The Labute approximate surface area is 117 Å². The summed E-state index contributed by atoms with van der Waals surface area (Å²) in [6, 6.07) is 3.80. The van der Waals surface area contributed by atoms with E-state index in [-0.39, 0.29) is 0 Å². The highest BCUT2D eigenvalue weighted by Gasteiger charge is 2.03. The minimum atomic E-state index is 0.556. The molecule has 0 amide bonds. The predicted octanol–water partition coefficient (Wildman–Crippen LogP) is 3.05. The topological polar surface area (TPSA) is 47.3 Å². The van der Waals surface area contributed by atoms with Gasteiger partial charge in [-0.1, -0.05) is 0 Å². The maximum absolute atomic E-state index is 5.51. The van der Waals surface area contributed by atoms with Crippen LogP contribution in [0.15, 0.2) is 22.8 Å². The molecule has 19 heavy (non-hydrogen) atoms. The zero-order valence-electron chi connectivity index (χ0n) is 11.4. The molecule has 0 aromatic carbocycles. The van der Waals surface area contributed by atoms with Crippen molar-refractivity contribution in [2.75, 3.05) is 13.2 Å². The summed E-state index contributed by atoms with van der Waals surface area (Å²) < 4.78 is 10.7. The molecule has 0 aliphatic rings. The maximum Gasteiger partial charge on any atom is 0.129 e. The molecule has 0 unspecified atom stereocenters. The minimum Gasteiger partial charge on any atom is -0.467 e. The summed E-state index contributed by atoms with van der Waals surface area (Å²) in [5.74, 6) is 0.878. The molecule has 0 bridgehead atoms. The van der Waals surface area contributed by atoms with Crippen LogP contribution in [-0.2, 0) is 17.9 Å². The fourth-order valence-corrected chi connectivity index (χ4v) is 2.71. The third-order valence-electron chi connectivity index (χ3n) is 2.75. The summed E-state index contributed by atoms with van der Waals surface area (Å²) in [5.41, 5.74) is 1.14. The molecular weight excluding hydrogens is 260 g/mol. The summed E-state index contributed by atoms with van der Waals surface area (Å²) in [6.07, 6.45) is 2.66. The highest BCUT2D eigenvalue weighted by atomic mass is 32.1. The van der Waals surface area contributed by atoms with Gasteiger partial charge in [0.1, 0.15) is 12.4 Å². The fraction of sp³-hybridized carbons (Fsp3) is 0.500. The number of aryl methyl sites for hydroxylation is 2. The van der Waals surface area contributed by atoms with E-state index in [2.05, 4.69) is 17.2 Å². The lowest BCUT2D eigenvalue weighted by Gasteiger charge is -2.04. The number of nitrogens with one attached hydrogen (secondary N) is 1. The van der Waals surface area contributed by atoms with Crippen molar-refractivity contribution in [2.24, 2.45) is 0 Å². The standard InChI is InChI=1S/C14H20N2O2S/c1-11-14(19-12(2)16-11)9-15-6-4-7-17-10-13-5-3-8-18-13/h3,5,8,15H,4,6-7,9-10H2,1-2H3. The van der Waals surface area contributed by atoms with Gasteiger partial charge in [0.15, 0.2) is 0 Å². The zero-order valence-corrected chi connectivity index (χ0v) is 12.3. The molecule has 4 nitrogen and oxygen atoms in total. The van der Waals surface area contributed by atoms with Crippen LogP contribution in [0, 0.1) is 13.8 Å². The van der Waals surface area contributed by atoms with Crippen LogP contribution in [0.1, 0.15) is 27.8 Å². The Morgan fingerprint density at radius 2 is 2.32 bits per heavy atom. The Morgan fingerprint density at radius 3 is 3.00 bits per heavy atom. The number of aromatic nitrogens is 1. The Kier molecular flexibility index (Phi) is 5.57. The van der Waals surface area contributed by atoms with Crippen molar-refractivity contribution in [2.45, 2.75) is 33.4 Å². The Morgan fingerprint density at radius 1 is 1.42 bits per heavy atom. The van der Waals surface area contributed by atoms with Crippen LogP contribution in [0.4, 0.5) is 0 Å². The van der Waals surface area contributed by atoms with Crippen LogP contribution in [0.3, 0.4) is 0 Å². The van der Waals surface area contributed by atoms with Crippen molar-refractivity contribution < 1.29 is 9.15 Å². The summed E-state index contributed by atoms with van der Waals surface area (Å²) in [5, 5.41) is 4.55. The van der Waals surface area contributed by atoms with Gasteiger partial charge in [-0.25, -0.2) is 4.98 Å². The second-order valence-corrected chi connectivity index (χ2v) is 5.69. The first kappa shape index (κ1) is 14.2. The molecule has 0 saturated carbocycles. The molecule has 0 aliphatic carbocycles. The first-order valence-electron chi connectivity index (χ1n) is 6.49. The predicted molar refractivity (Wildman–Crippen MR) is 76.3 cm³/mol. The lowest BCUT2D eigenvalue weighted by atomic mass is 10.3. The van der Waals surface area contributed by atoms with Gasteiger partial charge in [-0.15, -0.1) is 11.3 Å². The van der Waals surface area contributed by atoms with E-state index in [9.17, 15) is 0 Å². The van der Waals surface area contributed by atoms with Gasteiger partial charge in [-0.3, -0.25) is 0 Å². The van der Waals surface area contributed by atoms with Crippen molar-refractivity contribution >= 4 is 11.3 Å². The number of ether oxygens (including phenoxy) is 1. The molecule has 1 N–H and O–H groups in total.